The first kappa shape index (κ1) is 12.7. The molecule has 4 N–H and O–H groups in total. The number of ether oxygens (including phenoxy) is 1. The minimum Gasteiger partial charge on any atom is -0.481 e. The molecule has 0 aliphatic heterocycles. The summed E-state index contributed by atoms with van der Waals surface area (Å²) in [4.78, 5) is 8.23. The molecule has 2 atom stereocenters. The highest BCUT2D eigenvalue weighted by Crippen LogP contribution is 2.12. The highest BCUT2D eigenvalue weighted by Gasteiger charge is 2.09. The molecule has 0 saturated carbocycles. The number of methoxy groups -OCH3 is 1. The second-order valence-electron chi connectivity index (χ2n) is 3.63. The van der Waals surface area contributed by atoms with Gasteiger partial charge in [-0.25, -0.2) is 4.98 Å². The van der Waals surface area contributed by atoms with Gasteiger partial charge in [0.25, 0.3) is 0 Å². The lowest BCUT2D eigenvalue weighted by Crippen LogP contribution is -2.38. The summed E-state index contributed by atoms with van der Waals surface area (Å²) in [7, 11) is 1.55. The zero-order valence-corrected chi connectivity index (χ0v) is 9.77. The van der Waals surface area contributed by atoms with Crippen molar-refractivity contribution in [3.05, 3.63) is 11.9 Å². The fourth-order valence-electron chi connectivity index (χ4n) is 1.13. The number of aryl methyl sites for hydroxylation is 1. The molecule has 0 aliphatic carbocycles. The Balaban J connectivity index is 2.63. The van der Waals surface area contributed by atoms with Gasteiger partial charge < -0.3 is 20.9 Å². The van der Waals surface area contributed by atoms with Crippen LogP contribution in [0.4, 0.5) is 5.82 Å². The third-order valence-electron chi connectivity index (χ3n) is 2.16. The predicted molar refractivity (Wildman–Crippen MR) is 61.5 cm³/mol. The first-order valence-electron chi connectivity index (χ1n) is 5.10. The van der Waals surface area contributed by atoms with Gasteiger partial charge in [-0.2, -0.15) is 4.98 Å². The van der Waals surface area contributed by atoms with Crippen LogP contribution in [0.5, 0.6) is 5.88 Å². The number of aromatic nitrogens is 2. The Morgan fingerprint density at radius 2 is 2.25 bits per heavy atom. The van der Waals surface area contributed by atoms with Gasteiger partial charge in [-0.3, -0.25) is 0 Å². The van der Waals surface area contributed by atoms with E-state index in [4.69, 9.17) is 10.5 Å². The van der Waals surface area contributed by atoms with Crippen LogP contribution >= 0.6 is 0 Å². The molecule has 0 bridgehead atoms. The largest absolute Gasteiger partial charge is 0.481 e. The van der Waals surface area contributed by atoms with Crippen molar-refractivity contribution in [2.45, 2.75) is 26.0 Å². The Morgan fingerprint density at radius 3 is 2.81 bits per heavy atom. The summed E-state index contributed by atoms with van der Waals surface area (Å²) < 4.78 is 5.02. The van der Waals surface area contributed by atoms with Gasteiger partial charge in [0.2, 0.25) is 5.88 Å². The van der Waals surface area contributed by atoms with Crippen molar-refractivity contribution < 1.29 is 9.84 Å². The Labute approximate surface area is 94.9 Å². The zero-order chi connectivity index (χ0) is 12.1. The summed E-state index contributed by atoms with van der Waals surface area (Å²) in [6.07, 6.45) is -0.558. The summed E-state index contributed by atoms with van der Waals surface area (Å²) in [6, 6.07) is 1.35. The minimum absolute atomic E-state index is 0.332. The summed E-state index contributed by atoms with van der Waals surface area (Å²) in [6.45, 7) is 3.87. The number of aliphatic hydroxyl groups excluding tert-OH is 1. The highest BCUT2D eigenvalue weighted by molar-refractivity contribution is 5.38. The molecule has 6 nitrogen and oxygen atoms in total. The average Bonchev–Trinajstić information content (AvgIpc) is 2.24. The van der Waals surface area contributed by atoms with Gasteiger partial charge in [0.1, 0.15) is 11.6 Å². The second kappa shape index (κ2) is 5.62. The first-order valence-corrected chi connectivity index (χ1v) is 5.10. The van der Waals surface area contributed by atoms with E-state index in [1.807, 2.05) is 0 Å². The monoisotopic (exact) mass is 226 g/mol. The van der Waals surface area contributed by atoms with Crippen molar-refractivity contribution in [3.63, 3.8) is 0 Å². The molecule has 0 radical (unpaired) electrons. The lowest BCUT2D eigenvalue weighted by atomic mass is 10.2. The normalized spacial score (nSPS) is 14.3. The quantitative estimate of drug-likeness (QED) is 0.650. The standard InChI is InChI=1S/C10H18N4O2/c1-6(15)8(11)5-12-9-4-10(16-3)14-7(2)13-9/h4,6,8,15H,5,11H2,1-3H3,(H,12,13,14). The highest BCUT2D eigenvalue weighted by atomic mass is 16.5. The van der Waals surface area contributed by atoms with E-state index in [0.717, 1.165) is 0 Å². The van der Waals surface area contributed by atoms with E-state index in [-0.39, 0.29) is 6.04 Å². The lowest BCUT2D eigenvalue weighted by molar-refractivity contribution is 0.168. The fourth-order valence-corrected chi connectivity index (χ4v) is 1.13. The number of rotatable bonds is 5. The maximum absolute atomic E-state index is 9.23. The number of nitrogens with zero attached hydrogens (tertiary/aromatic N) is 2. The second-order valence-corrected chi connectivity index (χ2v) is 3.63. The van der Waals surface area contributed by atoms with E-state index < -0.39 is 6.10 Å². The van der Waals surface area contributed by atoms with Crippen LogP contribution in [0.25, 0.3) is 0 Å². The number of anilines is 1. The van der Waals surface area contributed by atoms with Gasteiger partial charge in [-0.1, -0.05) is 0 Å². The van der Waals surface area contributed by atoms with E-state index in [9.17, 15) is 5.11 Å². The molecule has 0 aromatic carbocycles. The number of hydrogen-bond donors (Lipinski definition) is 3. The summed E-state index contributed by atoms with van der Waals surface area (Å²) >= 11 is 0. The molecule has 1 aromatic rings. The lowest BCUT2D eigenvalue weighted by Gasteiger charge is -2.15. The maximum Gasteiger partial charge on any atom is 0.218 e. The number of hydrogen-bond acceptors (Lipinski definition) is 6. The van der Waals surface area contributed by atoms with Gasteiger partial charge >= 0.3 is 0 Å². The van der Waals surface area contributed by atoms with Gasteiger partial charge in [0.15, 0.2) is 0 Å². The number of nitrogens with two attached hydrogens (primary N) is 1. The molecule has 1 aromatic heterocycles. The van der Waals surface area contributed by atoms with Crippen LogP contribution in [0.3, 0.4) is 0 Å². The molecule has 16 heavy (non-hydrogen) atoms. The van der Waals surface area contributed by atoms with Gasteiger partial charge in [0.05, 0.1) is 13.2 Å². The third-order valence-corrected chi connectivity index (χ3v) is 2.16. The average molecular weight is 226 g/mol. The fraction of sp³-hybridized carbons (Fsp3) is 0.600. The van der Waals surface area contributed by atoms with Gasteiger partial charge in [0, 0.05) is 18.7 Å². The van der Waals surface area contributed by atoms with Crippen molar-refractivity contribution >= 4 is 5.82 Å². The summed E-state index contributed by atoms with van der Waals surface area (Å²) in [5.41, 5.74) is 5.69. The summed E-state index contributed by atoms with van der Waals surface area (Å²) in [5, 5.41) is 12.3. The SMILES string of the molecule is COc1cc(NCC(N)C(C)O)nc(C)n1. The van der Waals surface area contributed by atoms with E-state index in [1.54, 1.807) is 27.0 Å². The van der Waals surface area contributed by atoms with Crippen LogP contribution in [-0.2, 0) is 0 Å². The van der Waals surface area contributed by atoms with Crippen LogP contribution in [0.1, 0.15) is 12.7 Å². The Kier molecular flexibility index (Phi) is 4.45. The topological polar surface area (TPSA) is 93.3 Å². The molecule has 0 amide bonds. The van der Waals surface area contributed by atoms with Crippen molar-refractivity contribution in [3.8, 4) is 5.88 Å². The smallest absolute Gasteiger partial charge is 0.218 e. The van der Waals surface area contributed by atoms with Crippen molar-refractivity contribution in [1.82, 2.24) is 9.97 Å². The van der Waals surface area contributed by atoms with E-state index in [2.05, 4.69) is 15.3 Å². The van der Waals surface area contributed by atoms with Crippen LogP contribution < -0.4 is 15.8 Å². The molecule has 90 valence electrons. The van der Waals surface area contributed by atoms with Crippen LogP contribution in [0.15, 0.2) is 6.07 Å². The molecule has 0 aliphatic rings. The molecule has 1 rings (SSSR count). The number of aliphatic hydroxyl groups is 1. The van der Waals surface area contributed by atoms with Crippen LogP contribution in [0.2, 0.25) is 0 Å². The number of nitrogens with one attached hydrogen (secondary N) is 1. The maximum atomic E-state index is 9.23. The van der Waals surface area contributed by atoms with Crippen LogP contribution in [-0.4, -0.2) is 40.9 Å². The molecular formula is C10H18N4O2. The molecule has 1 heterocycles. The molecule has 0 fully saturated rings. The molecule has 0 spiro atoms. The Morgan fingerprint density at radius 1 is 1.56 bits per heavy atom. The van der Waals surface area contributed by atoms with Crippen molar-refractivity contribution in [2.24, 2.45) is 5.73 Å². The van der Waals surface area contributed by atoms with Crippen LogP contribution in [0, 0.1) is 6.92 Å². The van der Waals surface area contributed by atoms with E-state index in [0.29, 0.717) is 24.1 Å². The van der Waals surface area contributed by atoms with Crippen molar-refractivity contribution in [1.29, 1.82) is 0 Å². The Hall–Kier alpha value is -1.40. The van der Waals surface area contributed by atoms with Crippen molar-refractivity contribution in [2.75, 3.05) is 19.0 Å². The molecule has 6 heteroatoms. The zero-order valence-electron chi connectivity index (χ0n) is 9.77. The molecule has 2 unspecified atom stereocenters. The first-order chi connectivity index (χ1) is 7.52. The van der Waals surface area contributed by atoms with E-state index in [1.165, 1.54) is 0 Å². The summed E-state index contributed by atoms with van der Waals surface area (Å²) in [5.74, 6) is 1.76. The molecular weight excluding hydrogens is 208 g/mol. The predicted octanol–water partition coefficient (Wildman–Crippen LogP) is -0.0864. The molecule has 0 saturated heterocycles. The Bertz CT molecular complexity index is 344. The van der Waals surface area contributed by atoms with Gasteiger partial charge in [-0.05, 0) is 13.8 Å². The van der Waals surface area contributed by atoms with E-state index >= 15 is 0 Å². The van der Waals surface area contributed by atoms with Gasteiger partial charge in [-0.15, -0.1) is 0 Å². The minimum atomic E-state index is -0.558. The third kappa shape index (κ3) is 3.63.